The van der Waals surface area contributed by atoms with Gasteiger partial charge in [-0.2, -0.15) is 0 Å². The minimum Gasteiger partial charge on any atom is -0.378 e. The molecule has 0 aliphatic heterocycles. The molecule has 0 fully saturated rings. The van der Waals surface area contributed by atoms with Crippen LogP contribution < -0.4 is 5.32 Å². The van der Waals surface area contributed by atoms with E-state index in [1.807, 2.05) is 23.6 Å². The molecule has 2 nitrogen and oxygen atoms in total. The predicted molar refractivity (Wildman–Crippen MR) is 68.6 cm³/mol. The number of hydrogen-bond acceptors (Lipinski definition) is 3. The van der Waals surface area contributed by atoms with E-state index in [0.29, 0.717) is 5.15 Å². The predicted octanol–water partition coefficient (Wildman–Crippen LogP) is 4.17. The van der Waals surface area contributed by atoms with Crippen LogP contribution in [0.2, 0.25) is 5.15 Å². The second-order valence-corrected chi connectivity index (χ2v) is 5.10. The quantitative estimate of drug-likeness (QED) is 0.861. The van der Waals surface area contributed by atoms with Gasteiger partial charge in [-0.3, -0.25) is 0 Å². The third-order valence-electron chi connectivity index (χ3n) is 1.89. The second-order valence-electron chi connectivity index (χ2n) is 2.89. The first-order valence-electron chi connectivity index (χ1n) is 4.33. The lowest BCUT2D eigenvalue weighted by atomic mass is 10.4. The topological polar surface area (TPSA) is 24.9 Å². The van der Waals surface area contributed by atoms with Crippen LogP contribution in [0.25, 0.3) is 0 Å². The summed E-state index contributed by atoms with van der Waals surface area (Å²) in [6, 6.07) is 5.81. The van der Waals surface area contributed by atoms with Gasteiger partial charge in [-0.1, -0.05) is 11.6 Å². The first-order valence-corrected chi connectivity index (χ1v) is 6.38. The minimum absolute atomic E-state index is 0.505. The molecule has 0 unspecified atom stereocenters. The van der Waals surface area contributed by atoms with Gasteiger partial charge in [0.15, 0.2) is 5.15 Å². The van der Waals surface area contributed by atoms with Gasteiger partial charge < -0.3 is 5.32 Å². The summed E-state index contributed by atoms with van der Waals surface area (Å²) in [4.78, 5) is 5.24. The van der Waals surface area contributed by atoms with Crippen LogP contribution in [0.3, 0.4) is 0 Å². The Hall–Kier alpha value is -0.580. The molecule has 0 atom stereocenters. The van der Waals surface area contributed by atoms with E-state index in [1.165, 1.54) is 4.88 Å². The second kappa shape index (κ2) is 4.96. The number of aromatic nitrogens is 1. The molecule has 0 bridgehead atoms. The first kappa shape index (κ1) is 10.9. The highest BCUT2D eigenvalue weighted by Gasteiger charge is 2.03. The largest absolute Gasteiger partial charge is 0.378 e. The molecular weight excluding hydrogens is 296 g/mol. The summed E-state index contributed by atoms with van der Waals surface area (Å²) in [5, 5.41) is 5.79. The van der Waals surface area contributed by atoms with Gasteiger partial charge in [-0.15, -0.1) is 11.3 Å². The fourth-order valence-electron chi connectivity index (χ4n) is 1.14. The highest BCUT2D eigenvalue weighted by Crippen LogP contribution is 2.25. The summed E-state index contributed by atoms with van der Waals surface area (Å²) >= 11 is 11.1. The molecule has 2 rings (SSSR count). The summed E-state index contributed by atoms with van der Waals surface area (Å²) < 4.78 is 1.13. The fourth-order valence-corrected chi connectivity index (χ4v) is 2.76. The van der Waals surface area contributed by atoms with Gasteiger partial charge in [-0.25, -0.2) is 4.98 Å². The van der Waals surface area contributed by atoms with E-state index in [2.05, 4.69) is 26.2 Å². The molecule has 0 aromatic carbocycles. The lowest BCUT2D eigenvalue weighted by Crippen LogP contribution is -1.99. The Bertz CT molecular complexity index is 458. The Balaban J connectivity index is 2.06. The third-order valence-corrected chi connectivity index (χ3v) is 4.12. The molecule has 15 heavy (non-hydrogen) atoms. The number of rotatable bonds is 3. The van der Waals surface area contributed by atoms with E-state index in [4.69, 9.17) is 11.6 Å². The fraction of sp³-hybridized carbons (Fsp3) is 0.100. The molecule has 2 heterocycles. The lowest BCUT2D eigenvalue weighted by Gasteiger charge is -2.06. The normalized spacial score (nSPS) is 10.3. The Kier molecular flexibility index (Phi) is 3.61. The van der Waals surface area contributed by atoms with Crippen LogP contribution in [0, 0.1) is 0 Å². The molecule has 0 aliphatic rings. The zero-order valence-electron chi connectivity index (χ0n) is 7.71. The summed E-state index contributed by atoms with van der Waals surface area (Å²) in [7, 11) is 0. The standard InChI is InChI=1S/C10H8BrClN2S/c11-7-3-5-15-9(7)6-14-8-2-1-4-13-10(8)12/h1-5,14H,6H2. The molecule has 2 aromatic rings. The molecule has 1 N–H and O–H groups in total. The molecule has 78 valence electrons. The maximum atomic E-state index is 5.92. The highest BCUT2D eigenvalue weighted by molar-refractivity contribution is 9.10. The summed E-state index contributed by atoms with van der Waals surface area (Å²) in [6.45, 7) is 0.754. The van der Waals surface area contributed by atoms with Gasteiger partial charge in [0.25, 0.3) is 0 Å². The van der Waals surface area contributed by atoms with Crippen molar-refractivity contribution < 1.29 is 0 Å². The van der Waals surface area contributed by atoms with Crippen molar-refractivity contribution in [1.82, 2.24) is 4.98 Å². The van der Waals surface area contributed by atoms with Crippen LogP contribution in [-0.4, -0.2) is 4.98 Å². The van der Waals surface area contributed by atoms with Crippen LogP contribution in [0.4, 0.5) is 5.69 Å². The monoisotopic (exact) mass is 302 g/mol. The third kappa shape index (κ3) is 2.71. The van der Waals surface area contributed by atoms with E-state index in [0.717, 1.165) is 16.7 Å². The Morgan fingerprint density at radius 2 is 2.33 bits per heavy atom. The van der Waals surface area contributed by atoms with E-state index < -0.39 is 0 Å². The van der Waals surface area contributed by atoms with Crippen molar-refractivity contribution in [2.75, 3.05) is 5.32 Å². The maximum Gasteiger partial charge on any atom is 0.152 e. The van der Waals surface area contributed by atoms with Gasteiger partial charge in [-0.05, 0) is 39.5 Å². The number of anilines is 1. The lowest BCUT2D eigenvalue weighted by molar-refractivity contribution is 1.17. The van der Waals surface area contributed by atoms with Gasteiger partial charge in [0.2, 0.25) is 0 Å². The molecule has 0 spiro atoms. The molecule has 0 radical (unpaired) electrons. The minimum atomic E-state index is 0.505. The number of nitrogens with zero attached hydrogens (tertiary/aromatic N) is 1. The Morgan fingerprint density at radius 1 is 1.47 bits per heavy atom. The molecule has 0 aliphatic carbocycles. The SMILES string of the molecule is Clc1ncccc1NCc1sccc1Br. The maximum absolute atomic E-state index is 5.92. The summed E-state index contributed by atoms with van der Waals surface area (Å²) in [5.74, 6) is 0. The van der Waals surface area contributed by atoms with Crippen LogP contribution in [0.1, 0.15) is 4.88 Å². The van der Waals surface area contributed by atoms with Crippen molar-refractivity contribution in [1.29, 1.82) is 0 Å². The van der Waals surface area contributed by atoms with E-state index in [1.54, 1.807) is 17.5 Å². The molecule has 0 amide bonds. The van der Waals surface area contributed by atoms with Gasteiger partial charge >= 0.3 is 0 Å². The summed E-state index contributed by atoms with van der Waals surface area (Å²) in [6.07, 6.45) is 1.68. The average Bonchev–Trinajstić information content (AvgIpc) is 2.63. The van der Waals surface area contributed by atoms with Crippen molar-refractivity contribution >= 4 is 44.6 Å². The number of thiophene rings is 1. The number of pyridine rings is 1. The Labute approximate surface area is 105 Å². The zero-order valence-corrected chi connectivity index (χ0v) is 10.9. The average molecular weight is 304 g/mol. The van der Waals surface area contributed by atoms with Crippen molar-refractivity contribution in [3.8, 4) is 0 Å². The van der Waals surface area contributed by atoms with Crippen molar-refractivity contribution in [2.45, 2.75) is 6.54 Å². The Morgan fingerprint density at radius 3 is 3.00 bits per heavy atom. The van der Waals surface area contributed by atoms with Gasteiger partial charge in [0.1, 0.15) is 0 Å². The molecule has 2 aromatic heterocycles. The summed E-state index contributed by atoms with van der Waals surface area (Å²) in [5.41, 5.74) is 0.861. The highest BCUT2D eigenvalue weighted by atomic mass is 79.9. The van der Waals surface area contributed by atoms with E-state index >= 15 is 0 Å². The number of nitrogens with one attached hydrogen (secondary N) is 1. The van der Waals surface area contributed by atoms with Gasteiger partial charge in [0, 0.05) is 15.5 Å². The smallest absolute Gasteiger partial charge is 0.152 e. The first-order chi connectivity index (χ1) is 7.27. The van der Waals surface area contributed by atoms with Crippen molar-refractivity contribution in [2.24, 2.45) is 0 Å². The number of halogens is 2. The van der Waals surface area contributed by atoms with Crippen molar-refractivity contribution in [3.05, 3.63) is 44.3 Å². The van der Waals surface area contributed by atoms with E-state index in [9.17, 15) is 0 Å². The molecular formula is C10H8BrClN2S. The van der Waals surface area contributed by atoms with Crippen LogP contribution in [0.15, 0.2) is 34.2 Å². The van der Waals surface area contributed by atoms with Crippen LogP contribution in [-0.2, 0) is 6.54 Å². The van der Waals surface area contributed by atoms with Crippen molar-refractivity contribution in [3.63, 3.8) is 0 Å². The zero-order chi connectivity index (χ0) is 10.7. The number of hydrogen-bond donors (Lipinski definition) is 1. The van der Waals surface area contributed by atoms with Gasteiger partial charge in [0.05, 0.1) is 12.2 Å². The van der Waals surface area contributed by atoms with Crippen LogP contribution >= 0.6 is 38.9 Å². The molecule has 0 saturated carbocycles. The molecule has 0 saturated heterocycles. The van der Waals surface area contributed by atoms with Crippen LogP contribution in [0.5, 0.6) is 0 Å². The molecule has 5 heteroatoms. The van der Waals surface area contributed by atoms with E-state index in [-0.39, 0.29) is 0 Å².